The van der Waals surface area contributed by atoms with Crippen molar-refractivity contribution in [3.05, 3.63) is 29.8 Å². The highest BCUT2D eigenvalue weighted by atomic mass is 16.5. The molecule has 2 amide bonds. The number of hydrogen-bond donors (Lipinski definition) is 1. The third kappa shape index (κ3) is 3.53. The number of anilines is 1. The van der Waals surface area contributed by atoms with E-state index in [0.717, 1.165) is 43.4 Å². The number of benzene rings is 1. The lowest BCUT2D eigenvalue weighted by Crippen LogP contribution is -2.60. The van der Waals surface area contributed by atoms with E-state index in [2.05, 4.69) is 5.32 Å². The van der Waals surface area contributed by atoms with Crippen LogP contribution in [0.3, 0.4) is 0 Å². The van der Waals surface area contributed by atoms with Gasteiger partial charge in [0.25, 0.3) is 5.91 Å². The minimum Gasteiger partial charge on any atom is -0.452 e. The predicted octanol–water partition coefficient (Wildman–Crippen LogP) is 3.06. The van der Waals surface area contributed by atoms with Crippen LogP contribution < -0.4 is 10.2 Å². The first-order valence-corrected chi connectivity index (χ1v) is 10.9. The molecule has 4 aliphatic carbocycles. The fourth-order valence-corrected chi connectivity index (χ4v) is 6.59. The Hall–Kier alpha value is -2.37. The van der Waals surface area contributed by atoms with Gasteiger partial charge in [-0.1, -0.05) is 12.1 Å². The average molecular weight is 396 g/mol. The summed E-state index contributed by atoms with van der Waals surface area (Å²) in [6.45, 7) is 0.332. The van der Waals surface area contributed by atoms with Crippen molar-refractivity contribution in [2.75, 3.05) is 18.1 Å². The standard InChI is InChI=1S/C23H28N2O4/c26-20(24-23-11-15-8-16(12-23)10-17(9-15)13-23)14-29-22(28)18-4-1-2-5-19(18)25-7-3-6-21(25)27/h1-2,4-5,15-17H,3,6-14H2,(H,24,26). The normalized spacial score (nSPS) is 32.5. The molecule has 4 saturated carbocycles. The number of amides is 2. The van der Waals surface area contributed by atoms with Crippen molar-refractivity contribution in [3.63, 3.8) is 0 Å². The summed E-state index contributed by atoms with van der Waals surface area (Å²) in [5, 5.41) is 3.23. The lowest BCUT2D eigenvalue weighted by molar-refractivity contribution is -0.130. The summed E-state index contributed by atoms with van der Waals surface area (Å²) in [6.07, 6.45) is 8.44. The summed E-state index contributed by atoms with van der Waals surface area (Å²) in [6, 6.07) is 6.96. The molecule has 1 aromatic rings. The minimum absolute atomic E-state index is 0.0183. The summed E-state index contributed by atoms with van der Waals surface area (Å²) < 4.78 is 5.35. The molecule has 29 heavy (non-hydrogen) atoms. The van der Waals surface area contributed by atoms with Gasteiger partial charge in [0.15, 0.2) is 6.61 Å². The molecular formula is C23H28N2O4. The zero-order chi connectivity index (χ0) is 20.0. The van der Waals surface area contributed by atoms with Crippen molar-refractivity contribution in [2.24, 2.45) is 17.8 Å². The lowest BCUT2D eigenvalue weighted by atomic mass is 9.53. The van der Waals surface area contributed by atoms with Gasteiger partial charge in [-0.15, -0.1) is 0 Å². The van der Waals surface area contributed by atoms with E-state index in [1.807, 2.05) is 0 Å². The molecule has 6 heteroatoms. The van der Waals surface area contributed by atoms with E-state index in [-0.39, 0.29) is 24.0 Å². The first-order valence-electron chi connectivity index (χ1n) is 10.9. The molecule has 5 fully saturated rings. The second-order valence-corrected chi connectivity index (χ2v) is 9.49. The van der Waals surface area contributed by atoms with Gasteiger partial charge in [0.2, 0.25) is 5.91 Å². The minimum atomic E-state index is -0.555. The Balaban J connectivity index is 1.22. The maximum Gasteiger partial charge on any atom is 0.340 e. The van der Waals surface area contributed by atoms with Crippen LogP contribution in [0.4, 0.5) is 5.69 Å². The number of ether oxygens (including phenoxy) is 1. The highest BCUT2D eigenvalue weighted by Gasteiger charge is 2.51. The van der Waals surface area contributed by atoms with Gasteiger partial charge in [-0.3, -0.25) is 9.59 Å². The van der Waals surface area contributed by atoms with Crippen LogP contribution in [-0.2, 0) is 14.3 Å². The average Bonchev–Trinajstić information content (AvgIpc) is 3.10. The van der Waals surface area contributed by atoms with Crippen LogP contribution in [0, 0.1) is 17.8 Å². The first kappa shape index (κ1) is 18.6. The van der Waals surface area contributed by atoms with Gasteiger partial charge in [0, 0.05) is 18.5 Å². The van der Waals surface area contributed by atoms with Gasteiger partial charge in [-0.2, -0.15) is 0 Å². The molecule has 5 aliphatic rings. The number of nitrogens with one attached hydrogen (secondary N) is 1. The Morgan fingerprint density at radius 1 is 1.07 bits per heavy atom. The van der Waals surface area contributed by atoms with E-state index in [0.29, 0.717) is 24.2 Å². The number of carbonyl (C=O) groups is 3. The molecule has 0 spiro atoms. The summed E-state index contributed by atoms with van der Waals surface area (Å²) in [4.78, 5) is 39.0. The Kier molecular flexibility index (Phi) is 4.60. The van der Waals surface area contributed by atoms with Crippen LogP contribution in [0.2, 0.25) is 0 Å². The summed E-state index contributed by atoms with van der Waals surface area (Å²) in [7, 11) is 0. The second kappa shape index (κ2) is 7.15. The molecule has 1 aliphatic heterocycles. The van der Waals surface area contributed by atoms with E-state index < -0.39 is 5.97 Å². The number of rotatable bonds is 5. The van der Waals surface area contributed by atoms with Crippen LogP contribution in [0.1, 0.15) is 61.7 Å². The maximum atomic E-state index is 12.7. The Bertz CT molecular complexity index is 814. The van der Waals surface area contributed by atoms with E-state index in [9.17, 15) is 14.4 Å². The van der Waals surface area contributed by atoms with Gasteiger partial charge >= 0.3 is 5.97 Å². The molecule has 1 N–H and O–H groups in total. The lowest BCUT2D eigenvalue weighted by Gasteiger charge is -2.56. The predicted molar refractivity (Wildman–Crippen MR) is 107 cm³/mol. The van der Waals surface area contributed by atoms with Gasteiger partial charge < -0.3 is 15.0 Å². The monoisotopic (exact) mass is 396 g/mol. The van der Waals surface area contributed by atoms with Gasteiger partial charge in [0.05, 0.1) is 11.3 Å². The maximum absolute atomic E-state index is 12.7. The van der Waals surface area contributed by atoms with Gasteiger partial charge in [-0.05, 0) is 74.8 Å². The summed E-state index contributed by atoms with van der Waals surface area (Å²) in [5.41, 5.74) is 0.824. The smallest absolute Gasteiger partial charge is 0.340 e. The molecule has 4 bridgehead atoms. The molecule has 0 unspecified atom stereocenters. The van der Waals surface area contributed by atoms with Gasteiger partial charge in [-0.25, -0.2) is 4.79 Å². The van der Waals surface area contributed by atoms with Crippen molar-refractivity contribution in [1.82, 2.24) is 5.32 Å². The van der Waals surface area contributed by atoms with Crippen molar-refractivity contribution >= 4 is 23.5 Å². The van der Waals surface area contributed by atoms with Gasteiger partial charge in [0.1, 0.15) is 0 Å². The molecular weight excluding hydrogens is 368 g/mol. The first-order chi connectivity index (χ1) is 14.0. The number of esters is 1. The van der Waals surface area contributed by atoms with Crippen LogP contribution in [0.25, 0.3) is 0 Å². The largest absolute Gasteiger partial charge is 0.452 e. The number of hydrogen-bond acceptors (Lipinski definition) is 4. The number of nitrogens with zero attached hydrogens (tertiary/aromatic N) is 1. The molecule has 6 rings (SSSR count). The van der Waals surface area contributed by atoms with Crippen LogP contribution in [-0.4, -0.2) is 36.5 Å². The topological polar surface area (TPSA) is 75.7 Å². The fraction of sp³-hybridized carbons (Fsp3) is 0.609. The van der Waals surface area contributed by atoms with E-state index in [4.69, 9.17) is 4.74 Å². The highest BCUT2D eigenvalue weighted by Crippen LogP contribution is 2.55. The Morgan fingerprint density at radius 3 is 2.34 bits per heavy atom. The summed E-state index contributed by atoms with van der Waals surface area (Å²) in [5.74, 6) is 1.48. The molecule has 0 atom stereocenters. The Labute approximate surface area is 171 Å². The van der Waals surface area contributed by atoms with E-state index in [1.165, 1.54) is 19.3 Å². The molecule has 6 nitrogen and oxygen atoms in total. The fourth-order valence-electron chi connectivity index (χ4n) is 6.59. The van der Waals surface area contributed by atoms with Crippen molar-refractivity contribution in [3.8, 4) is 0 Å². The Morgan fingerprint density at radius 2 is 1.72 bits per heavy atom. The molecule has 154 valence electrons. The quantitative estimate of drug-likeness (QED) is 0.776. The van der Waals surface area contributed by atoms with Crippen LogP contribution in [0.15, 0.2) is 24.3 Å². The third-order valence-electron chi connectivity index (χ3n) is 7.27. The highest BCUT2D eigenvalue weighted by molar-refractivity contribution is 6.03. The van der Waals surface area contributed by atoms with Crippen LogP contribution in [0.5, 0.6) is 0 Å². The number of para-hydroxylation sites is 1. The van der Waals surface area contributed by atoms with E-state index in [1.54, 1.807) is 29.2 Å². The molecule has 1 saturated heterocycles. The zero-order valence-corrected chi connectivity index (χ0v) is 16.7. The second-order valence-electron chi connectivity index (χ2n) is 9.49. The van der Waals surface area contributed by atoms with Crippen molar-refractivity contribution < 1.29 is 19.1 Å². The summed E-state index contributed by atoms with van der Waals surface area (Å²) >= 11 is 0. The SMILES string of the molecule is O=C(COC(=O)c1ccccc1N1CCCC1=O)NC12CC3CC(CC(C3)C1)C2. The van der Waals surface area contributed by atoms with Crippen molar-refractivity contribution in [2.45, 2.75) is 56.9 Å². The molecule has 1 heterocycles. The van der Waals surface area contributed by atoms with Crippen LogP contribution >= 0.6 is 0 Å². The zero-order valence-electron chi connectivity index (χ0n) is 16.7. The molecule has 0 aromatic heterocycles. The number of carbonyl (C=O) groups excluding carboxylic acids is 3. The third-order valence-corrected chi connectivity index (χ3v) is 7.27. The molecule has 0 radical (unpaired) electrons. The molecule has 1 aromatic carbocycles. The van der Waals surface area contributed by atoms with E-state index >= 15 is 0 Å². The van der Waals surface area contributed by atoms with Crippen molar-refractivity contribution in [1.29, 1.82) is 0 Å².